The van der Waals surface area contributed by atoms with E-state index < -0.39 is 29.2 Å². The van der Waals surface area contributed by atoms with Gasteiger partial charge in [0.1, 0.15) is 17.3 Å². The molecule has 0 spiro atoms. The number of benzene rings is 3. The molecule has 0 unspecified atom stereocenters. The summed E-state index contributed by atoms with van der Waals surface area (Å²) in [6.45, 7) is 0. The number of carbonyl (C=O) groups is 1. The number of nitrogens with one attached hydrogen (secondary N) is 3. The average Bonchev–Trinajstić information content (AvgIpc) is 2.79. The number of halogens is 5. The molecule has 0 aliphatic carbocycles. The molecule has 184 valence electrons. The Bertz CT molecular complexity index is 1270. The molecule has 35 heavy (non-hydrogen) atoms. The largest absolute Gasteiger partial charge is 0.495 e. The molecule has 3 aromatic rings. The van der Waals surface area contributed by atoms with E-state index in [4.69, 9.17) is 33.3 Å². The summed E-state index contributed by atoms with van der Waals surface area (Å²) in [5.74, 6) is -1.19. The van der Waals surface area contributed by atoms with Gasteiger partial charge in [-0.05, 0) is 48.6 Å². The summed E-state index contributed by atoms with van der Waals surface area (Å²) in [6.07, 6.45) is -4.82. The molecule has 6 nitrogen and oxygen atoms in total. The Kier molecular flexibility index (Phi) is 8.03. The van der Waals surface area contributed by atoms with E-state index in [2.05, 4.69) is 16.0 Å². The molecule has 0 heterocycles. The summed E-state index contributed by atoms with van der Waals surface area (Å²) in [7, 11) is 2.84. The normalized spacial score (nSPS) is 10.9. The Balaban J connectivity index is 1.82. The zero-order valence-electron chi connectivity index (χ0n) is 18.2. The second kappa shape index (κ2) is 10.8. The molecule has 3 N–H and O–H groups in total. The highest BCUT2D eigenvalue weighted by Gasteiger charge is 2.34. The van der Waals surface area contributed by atoms with Crippen LogP contribution in [-0.4, -0.2) is 25.2 Å². The highest BCUT2D eigenvalue weighted by molar-refractivity contribution is 7.80. The summed E-state index contributed by atoms with van der Waals surface area (Å²) in [5.41, 5.74) is -1.75. The molecule has 12 heteroatoms. The lowest BCUT2D eigenvalue weighted by Gasteiger charge is -2.18. The standard InChI is InChI=1S/C23H18ClF4N3O3S/c1-33-19-11-20(34-2)18(10-15(19)24)31-22(35)29-12-7-8-17(14(9-12)23(26,27)28)30-21(32)13-5-3-4-6-16(13)25/h3-11H,1-2H3,(H,30,32)(H2,29,31,35). The smallest absolute Gasteiger partial charge is 0.418 e. The number of anilines is 3. The van der Waals surface area contributed by atoms with Crippen molar-refractivity contribution in [2.45, 2.75) is 6.18 Å². The molecule has 0 bridgehead atoms. The van der Waals surface area contributed by atoms with Crippen molar-refractivity contribution in [2.24, 2.45) is 0 Å². The monoisotopic (exact) mass is 527 g/mol. The molecule has 1 amide bonds. The lowest BCUT2D eigenvalue weighted by molar-refractivity contribution is -0.136. The molecule has 0 saturated carbocycles. The third-order valence-corrected chi connectivity index (χ3v) is 5.17. The predicted molar refractivity (Wildman–Crippen MR) is 130 cm³/mol. The fourth-order valence-corrected chi connectivity index (χ4v) is 3.51. The highest BCUT2D eigenvalue weighted by atomic mass is 35.5. The fourth-order valence-electron chi connectivity index (χ4n) is 3.04. The second-order valence-electron chi connectivity index (χ2n) is 6.96. The highest BCUT2D eigenvalue weighted by Crippen LogP contribution is 2.38. The number of alkyl halides is 3. The van der Waals surface area contributed by atoms with Crippen LogP contribution in [0.5, 0.6) is 11.5 Å². The first-order chi connectivity index (χ1) is 16.5. The molecule has 0 radical (unpaired) electrons. The summed E-state index contributed by atoms with van der Waals surface area (Å²) in [6, 6.07) is 11.0. The van der Waals surface area contributed by atoms with Gasteiger partial charge in [-0.15, -0.1) is 0 Å². The van der Waals surface area contributed by atoms with Gasteiger partial charge in [0.25, 0.3) is 5.91 Å². The van der Waals surface area contributed by atoms with Gasteiger partial charge in [0.15, 0.2) is 5.11 Å². The molecule has 0 saturated heterocycles. The Labute approximate surface area is 208 Å². The number of ether oxygens (including phenoxy) is 2. The fraction of sp³-hybridized carbons (Fsp3) is 0.130. The molecule has 0 aliphatic heterocycles. The lowest BCUT2D eigenvalue weighted by atomic mass is 10.1. The number of hydrogen-bond acceptors (Lipinski definition) is 4. The van der Waals surface area contributed by atoms with Crippen LogP contribution in [0.2, 0.25) is 5.02 Å². The van der Waals surface area contributed by atoms with E-state index in [1.165, 1.54) is 44.6 Å². The van der Waals surface area contributed by atoms with E-state index >= 15 is 0 Å². The van der Waals surface area contributed by atoms with Crippen molar-refractivity contribution in [3.63, 3.8) is 0 Å². The number of hydrogen-bond donors (Lipinski definition) is 3. The summed E-state index contributed by atoms with van der Waals surface area (Å²) in [5, 5.41) is 7.75. The molecule has 0 fully saturated rings. The van der Waals surface area contributed by atoms with Crippen molar-refractivity contribution in [2.75, 3.05) is 30.2 Å². The third kappa shape index (κ3) is 6.31. The SMILES string of the molecule is COc1cc(OC)c(NC(=S)Nc2ccc(NC(=O)c3ccccc3F)c(C(F)(F)F)c2)cc1Cl. The average molecular weight is 528 g/mol. The van der Waals surface area contributed by atoms with Gasteiger partial charge in [-0.25, -0.2) is 4.39 Å². The van der Waals surface area contributed by atoms with E-state index in [9.17, 15) is 22.4 Å². The molecule has 0 atom stereocenters. The first-order valence-electron chi connectivity index (χ1n) is 9.80. The van der Waals surface area contributed by atoms with Crippen LogP contribution < -0.4 is 25.4 Å². The van der Waals surface area contributed by atoms with Crippen molar-refractivity contribution in [3.05, 3.63) is 76.6 Å². The van der Waals surface area contributed by atoms with E-state index in [1.54, 1.807) is 0 Å². The molecular formula is C23H18ClF4N3O3S. The summed E-state index contributed by atoms with van der Waals surface area (Å²) in [4.78, 5) is 12.3. The first-order valence-corrected chi connectivity index (χ1v) is 10.6. The Hall–Kier alpha value is -3.57. The van der Waals surface area contributed by atoms with Crippen LogP contribution in [0.25, 0.3) is 0 Å². The van der Waals surface area contributed by atoms with E-state index in [1.807, 2.05) is 0 Å². The number of amides is 1. The van der Waals surface area contributed by atoms with Crippen LogP contribution in [-0.2, 0) is 6.18 Å². The van der Waals surface area contributed by atoms with Gasteiger partial charge in [0, 0.05) is 11.8 Å². The topological polar surface area (TPSA) is 71.6 Å². The number of methoxy groups -OCH3 is 2. The summed E-state index contributed by atoms with van der Waals surface area (Å²) >= 11 is 11.3. The van der Waals surface area contributed by atoms with Gasteiger partial charge in [0.2, 0.25) is 0 Å². The molecule has 0 aliphatic rings. The molecule has 3 rings (SSSR count). The van der Waals surface area contributed by atoms with Crippen molar-refractivity contribution < 1.29 is 31.8 Å². The van der Waals surface area contributed by atoms with Gasteiger partial charge in [0.05, 0.1) is 41.7 Å². The second-order valence-corrected chi connectivity index (χ2v) is 7.77. The van der Waals surface area contributed by atoms with Gasteiger partial charge >= 0.3 is 6.18 Å². The van der Waals surface area contributed by atoms with Crippen LogP contribution in [0.3, 0.4) is 0 Å². The van der Waals surface area contributed by atoms with Crippen molar-refractivity contribution in [3.8, 4) is 11.5 Å². The predicted octanol–water partition coefficient (Wildman–Crippen LogP) is 6.58. The minimum absolute atomic E-state index is 0.0164. The molecular weight excluding hydrogens is 510 g/mol. The maximum absolute atomic E-state index is 13.8. The van der Waals surface area contributed by atoms with Crippen LogP contribution in [0.4, 0.5) is 34.6 Å². The first kappa shape index (κ1) is 26.0. The molecule has 3 aromatic carbocycles. The zero-order chi connectivity index (χ0) is 25.8. The van der Waals surface area contributed by atoms with Crippen LogP contribution in [0, 0.1) is 5.82 Å². The minimum Gasteiger partial charge on any atom is -0.495 e. The van der Waals surface area contributed by atoms with Crippen LogP contribution in [0.15, 0.2) is 54.6 Å². The van der Waals surface area contributed by atoms with Crippen molar-refractivity contribution in [1.82, 2.24) is 0 Å². The van der Waals surface area contributed by atoms with E-state index in [0.29, 0.717) is 17.2 Å². The van der Waals surface area contributed by atoms with Gasteiger partial charge in [-0.3, -0.25) is 4.79 Å². The quantitative estimate of drug-likeness (QED) is 0.248. The lowest BCUT2D eigenvalue weighted by Crippen LogP contribution is -2.21. The van der Waals surface area contributed by atoms with Gasteiger partial charge < -0.3 is 25.4 Å². The number of carbonyl (C=O) groups excluding carboxylic acids is 1. The number of thiocarbonyl (C=S) groups is 1. The van der Waals surface area contributed by atoms with Crippen molar-refractivity contribution in [1.29, 1.82) is 0 Å². The molecule has 0 aromatic heterocycles. The third-order valence-electron chi connectivity index (χ3n) is 4.67. The van der Waals surface area contributed by atoms with Gasteiger partial charge in [-0.1, -0.05) is 23.7 Å². The maximum Gasteiger partial charge on any atom is 0.418 e. The van der Waals surface area contributed by atoms with E-state index in [0.717, 1.165) is 24.3 Å². The van der Waals surface area contributed by atoms with Crippen LogP contribution in [0.1, 0.15) is 15.9 Å². The van der Waals surface area contributed by atoms with Crippen LogP contribution >= 0.6 is 23.8 Å². The Morgan fingerprint density at radius 3 is 2.23 bits per heavy atom. The maximum atomic E-state index is 13.8. The Morgan fingerprint density at radius 2 is 1.60 bits per heavy atom. The Morgan fingerprint density at radius 1 is 0.914 bits per heavy atom. The number of rotatable bonds is 6. The minimum atomic E-state index is -4.82. The van der Waals surface area contributed by atoms with Gasteiger partial charge in [-0.2, -0.15) is 13.2 Å². The summed E-state index contributed by atoms with van der Waals surface area (Å²) < 4.78 is 65.4. The van der Waals surface area contributed by atoms with Crippen molar-refractivity contribution >= 4 is 51.9 Å². The van der Waals surface area contributed by atoms with E-state index in [-0.39, 0.29) is 21.4 Å². The zero-order valence-corrected chi connectivity index (χ0v) is 19.8.